The Balaban J connectivity index is 1.41. The number of para-hydroxylation sites is 1. The molecule has 1 amide bonds. The molecule has 2 heterocycles. The van der Waals surface area contributed by atoms with Gasteiger partial charge in [0.05, 0.1) is 23.4 Å². The summed E-state index contributed by atoms with van der Waals surface area (Å²) in [5.74, 6) is 0.168. The Hall–Kier alpha value is -1.30. The Morgan fingerprint density at radius 2 is 2.04 bits per heavy atom. The van der Waals surface area contributed by atoms with E-state index in [1.54, 1.807) is 0 Å². The van der Waals surface area contributed by atoms with E-state index in [2.05, 4.69) is 10.2 Å². The zero-order valence-corrected chi connectivity index (χ0v) is 14.1. The number of carbonyl (C=O) groups excluding carboxylic acids is 1. The number of halogens is 1. The molecule has 1 unspecified atom stereocenters. The highest BCUT2D eigenvalue weighted by atomic mass is 35.5. The first-order valence-corrected chi connectivity index (χ1v) is 8.71. The molecular formula is C17H24ClN3O2. The third kappa shape index (κ3) is 4.37. The quantitative estimate of drug-likeness (QED) is 0.889. The number of nitrogens with zero attached hydrogens (tertiary/aromatic N) is 2. The molecule has 2 aliphatic rings. The lowest BCUT2D eigenvalue weighted by Crippen LogP contribution is -2.51. The van der Waals surface area contributed by atoms with Crippen LogP contribution in [0.1, 0.15) is 12.8 Å². The van der Waals surface area contributed by atoms with Crippen LogP contribution < -0.4 is 10.2 Å². The molecule has 23 heavy (non-hydrogen) atoms. The van der Waals surface area contributed by atoms with E-state index >= 15 is 0 Å². The molecule has 0 aromatic heterocycles. The van der Waals surface area contributed by atoms with Gasteiger partial charge in [-0.25, -0.2) is 0 Å². The van der Waals surface area contributed by atoms with Crippen molar-refractivity contribution >= 4 is 23.2 Å². The molecule has 1 aromatic rings. The molecule has 2 saturated heterocycles. The second-order valence-corrected chi connectivity index (χ2v) is 6.49. The summed E-state index contributed by atoms with van der Waals surface area (Å²) in [5.41, 5.74) is 1.05. The van der Waals surface area contributed by atoms with Crippen LogP contribution in [-0.4, -0.2) is 62.8 Å². The number of amides is 1. The van der Waals surface area contributed by atoms with Crippen LogP contribution in [0, 0.1) is 0 Å². The third-order valence-corrected chi connectivity index (χ3v) is 4.82. The van der Waals surface area contributed by atoms with Crippen molar-refractivity contribution in [3.05, 3.63) is 29.3 Å². The van der Waals surface area contributed by atoms with Crippen LogP contribution in [0.3, 0.4) is 0 Å². The van der Waals surface area contributed by atoms with E-state index in [1.807, 2.05) is 29.2 Å². The second kappa shape index (κ2) is 7.99. The molecule has 3 rings (SSSR count). The lowest BCUT2D eigenvalue weighted by molar-refractivity contribution is -0.130. The van der Waals surface area contributed by atoms with E-state index in [4.69, 9.17) is 16.3 Å². The average molecular weight is 338 g/mol. The van der Waals surface area contributed by atoms with Gasteiger partial charge in [-0.2, -0.15) is 0 Å². The van der Waals surface area contributed by atoms with Crippen molar-refractivity contribution in [2.75, 3.05) is 50.8 Å². The van der Waals surface area contributed by atoms with Crippen molar-refractivity contribution in [3.63, 3.8) is 0 Å². The number of anilines is 1. The molecule has 1 aromatic carbocycles. The molecule has 5 nitrogen and oxygen atoms in total. The largest absolute Gasteiger partial charge is 0.377 e. The number of rotatable bonds is 5. The van der Waals surface area contributed by atoms with Crippen molar-refractivity contribution in [3.8, 4) is 0 Å². The van der Waals surface area contributed by atoms with E-state index in [-0.39, 0.29) is 12.0 Å². The summed E-state index contributed by atoms with van der Waals surface area (Å²) in [4.78, 5) is 16.4. The number of nitrogens with one attached hydrogen (secondary N) is 1. The fourth-order valence-electron chi connectivity index (χ4n) is 3.16. The molecule has 1 atom stereocenters. The summed E-state index contributed by atoms with van der Waals surface area (Å²) >= 11 is 6.24. The molecule has 126 valence electrons. The Labute approximate surface area is 142 Å². The van der Waals surface area contributed by atoms with Gasteiger partial charge in [0.1, 0.15) is 0 Å². The van der Waals surface area contributed by atoms with Crippen molar-refractivity contribution in [1.29, 1.82) is 0 Å². The molecule has 0 radical (unpaired) electrons. The van der Waals surface area contributed by atoms with Crippen molar-refractivity contribution in [2.24, 2.45) is 0 Å². The van der Waals surface area contributed by atoms with Gasteiger partial charge in [-0.05, 0) is 25.0 Å². The van der Waals surface area contributed by atoms with E-state index < -0.39 is 0 Å². The summed E-state index contributed by atoms with van der Waals surface area (Å²) in [6.45, 7) is 5.14. The first kappa shape index (κ1) is 16.6. The molecule has 0 saturated carbocycles. The summed E-state index contributed by atoms with van der Waals surface area (Å²) in [6.07, 6.45) is 2.50. The van der Waals surface area contributed by atoms with Crippen LogP contribution in [0.25, 0.3) is 0 Å². The van der Waals surface area contributed by atoms with Gasteiger partial charge in [-0.3, -0.25) is 4.79 Å². The zero-order chi connectivity index (χ0) is 16.1. The standard InChI is InChI=1S/C17H24ClN3O2/c18-15-5-1-2-6-16(15)20-7-9-21(10-8-20)17(22)13-19-12-14-4-3-11-23-14/h1-2,5-6,14,19H,3-4,7-13H2. The van der Waals surface area contributed by atoms with Gasteiger partial charge in [0.25, 0.3) is 0 Å². The maximum absolute atomic E-state index is 12.3. The predicted octanol–water partition coefficient (Wildman–Crippen LogP) is 1.76. The molecule has 1 N–H and O–H groups in total. The topological polar surface area (TPSA) is 44.8 Å². The maximum Gasteiger partial charge on any atom is 0.236 e. The second-order valence-electron chi connectivity index (χ2n) is 6.09. The Morgan fingerprint density at radius 3 is 2.74 bits per heavy atom. The van der Waals surface area contributed by atoms with Crippen LogP contribution in [-0.2, 0) is 9.53 Å². The highest BCUT2D eigenvalue weighted by Gasteiger charge is 2.22. The minimum atomic E-state index is 0.168. The minimum absolute atomic E-state index is 0.168. The Kier molecular flexibility index (Phi) is 5.75. The first-order chi connectivity index (χ1) is 11.2. The number of benzene rings is 1. The van der Waals surface area contributed by atoms with Gasteiger partial charge < -0.3 is 19.9 Å². The van der Waals surface area contributed by atoms with Crippen molar-refractivity contribution in [1.82, 2.24) is 10.2 Å². The highest BCUT2D eigenvalue weighted by molar-refractivity contribution is 6.33. The molecular weight excluding hydrogens is 314 g/mol. The normalized spacial score (nSPS) is 21.7. The number of carbonyl (C=O) groups is 1. The van der Waals surface area contributed by atoms with Crippen molar-refractivity contribution < 1.29 is 9.53 Å². The lowest BCUT2D eigenvalue weighted by Gasteiger charge is -2.36. The zero-order valence-electron chi connectivity index (χ0n) is 13.3. The fourth-order valence-corrected chi connectivity index (χ4v) is 3.42. The van der Waals surface area contributed by atoms with E-state index in [1.165, 1.54) is 0 Å². The predicted molar refractivity (Wildman–Crippen MR) is 92.1 cm³/mol. The molecule has 2 aliphatic heterocycles. The van der Waals surface area contributed by atoms with Gasteiger partial charge >= 0.3 is 0 Å². The van der Waals surface area contributed by atoms with Crippen LogP contribution in [0.2, 0.25) is 5.02 Å². The lowest BCUT2D eigenvalue weighted by atomic mass is 10.2. The van der Waals surface area contributed by atoms with Crippen LogP contribution in [0.15, 0.2) is 24.3 Å². The summed E-state index contributed by atoms with van der Waals surface area (Å²) in [6, 6.07) is 7.87. The summed E-state index contributed by atoms with van der Waals surface area (Å²) in [7, 11) is 0. The van der Waals surface area contributed by atoms with Gasteiger partial charge in [0.2, 0.25) is 5.91 Å². The SMILES string of the molecule is O=C(CNCC1CCCO1)N1CCN(c2ccccc2Cl)CC1. The van der Waals surface area contributed by atoms with Gasteiger partial charge in [0, 0.05) is 39.3 Å². The number of hydrogen-bond donors (Lipinski definition) is 1. The molecule has 0 aliphatic carbocycles. The number of ether oxygens (including phenoxy) is 1. The van der Waals surface area contributed by atoms with Gasteiger partial charge in [-0.1, -0.05) is 23.7 Å². The van der Waals surface area contributed by atoms with E-state index in [0.29, 0.717) is 6.54 Å². The van der Waals surface area contributed by atoms with E-state index in [9.17, 15) is 4.79 Å². The molecule has 0 spiro atoms. The fraction of sp³-hybridized carbons (Fsp3) is 0.588. The number of hydrogen-bond acceptors (Lipinski definition) is 4. The third-order valence-electron chi connectivity index (χ3n) is 4.50. The summed E-state index contributed by atoms with van der Waals surface area (Å²) < 4.78 is 5.55. The molecule has 6 heteroatoms. The van der Waals surface area contributed by atoms with Crippen LogP contribution in [0.5, 0.6) is 0 Å². The average Bonchev–Trinajstić information content (AvgIpc) is 3.09. The Bertz CT molecular complexity index is 526. The van der Waals surface area contributed by atoms with E-state index in [0.717, 1.165) is 62.9 Å². The molecule has 2 fully saturated rings. The molecule has 0 bridgehead atoms. The minimum Gasteiger partial charge on any atom is -0.377 e. The highest BCUT2D eigenvalue weighted by Crippen LogP contribution is 2.25. The smallest absolute Gasteiger partial charge is 0.236 e. The van der Waals surface area contributed by atoms with Crippen molar-refractivity contribution in [2.45, 2.75) is 18.9 Å². The van der Waals surface area contributed by atoms with Gasteiger partial charge in [0.15, 0.2) is 0 Å². The van der Waals surface area contributed by atoms with Gasteiger partial charge in [-0.15, -0.1) is 0 Å². The summed E-state index contributed by atoms with van der Waals surface area (Å²) in [5, 5.41) is 3.99. The number of piperazine rings is 1. The maximum atomic E-state index is 12.3. The first-order valence-electron chi connectivity index (χ1n) is 8.33. The monoisotopic (exact) mass is 337 g/mol. The Morgan fingerprint density at radius 1 is 1.26 bits per heavy atom. The van der Waals surface area contributed by atoms with Crippen LogP contribution in [0.4, 0.5) is 5.69 Å². The van der Waals surface area contributed by atoms with Crippen LogP contribution >= 0.6 is 11.6 Å².